The van der Waals surface area contributed by atoms with Crippen molar-refractivity contribution < 1.29 is 24.5 Å². The fourth-order valence-electron chi connectivity index (χ4n) is 8.44. The van der Waals surface area contributed by atoms with Crippen LogP contribution in [0.3, 0.4) is 0 Å². The Hall–Kier alpha value is -1.66. The van der Waals surface area contributed by atoms with Gasteiger partial charge >= 0.3 is 5.97 Å². The van der Waals surface area contributed by atoms with Gasteiger partial charge in [-0.3, -0.25) is 9.59 Å². The van der Waals surface area contributed by atoms with Crippen LogP contribution in [0, 0.1) is 0 Å². The number of carbonyl (C=O) groups excluding carboxylic acids is 2. The zero-order valence-electron chi connectivity index (χ0n) is 41.6. The summed E-state index contributed by atoms with van der Waals surface area (Å²) < 4.78 is 5.45. The summed E-state index contributed by atoms with van der Waals surface area (Å²) in [4.78, 5) is 24.4. The molecule has 1 amide bonds. The Labute approximate surface area is 386 Å². The van der Waals surface area contributed by atoms with Gasteiger partial charge in [0.2, 0.25) is 5.91 Å². The summed E-state index contributed by atoms with van der Waals surface area (Å²) in [6.07, 6.45) is 62.0. The number of aliphatic hydroxyl groups excluding tert-OH is 2. The lowest BCUT2D eigenvalue weighted by atomic mass is 10.0. The second-order valence-corrected chi connectivity index (χ2v) is 18.9. The van der Waals surface area contributed by atoms with E-state index in [1.807, 2.05) is 6.08 Å². The van der Waals surface area contributed by atoms with Crippen molar-refractivity contribution in [2.75, 3.05) is 13.2 Å². The van der Waals surface area contributed by atoms with E-state index >= 15 is 0 Å². The molecule has 2 unspecified atom stereocenters. The normalized spacial score (nSPS) is 12.8. The standard InChI is InChI=1S/C56H107NO5/c1-3-5-7-9-11-13-28-32-36-40-44-48-54(59)53(52-58)57-55(60)49-45-41-37-33-30-26-24-22-20-18-16-15-17-19-21-23-25-27-31-35-39-43-47-51-62-56(61)50-46-42-38-34-29-14-12-10-8-6-4-2/h10,12,44,48,53-54,58-59H,3-9,11,13-43,45-47,49-52H2,1-2H3,(H,57,60)/b12-10-,48-44+. The highest BCUT2D eigenvalue weighted by Crippen LogP contribution is 2.17. The Balaban J connectivity index is 3.38. The van der Waals surface area contributed by atoms with Crippen LogP contribution in [0.15, 0.2) is 24.3 Å². The summed E-state index contributed by atoms with van der Waals surface area (Å²) in [5, 5.41) is 23.0. The van der Waals surface area contributed by atoms with E-state index in [0.717, 1.165) is 44.9 Å². The summed E-state index contributed by atoms with van der Waals surface area (Å²) >= 11 is 0. The summed E-state index contributed by atoms with van der Waals surface area (Å²) in [5.74, 6) is -0.0660. The molecule has 0 heterocycles. The molecule has 62 heavy (non-hydrogen) atoms. The Kier molecular flexibility index (Phi) is 50.6. The highest BCUT2D eigenvalue weighted by Gasteiger charge is 2.18. The van der Waals surface area contributed by atoms with E-state index in [9.17, 15) is 19.8 Å². The van der Waals surface area contributed by atoms with Crippen molar-refractivity contribution >= 4 is 11.9 Å². The molecular formula is C56H107NO5. The number of ether oxygens (including phenoxy) is 1. The zero-order valence-corrected chi connectivity index (χ0v) is 41.6. The molecule has 0 bridgehead atoms. The molecule has 0 aromatic carbocycles. The number of carbonyl (C=O) groups is 2. The molecule has 6 heteroatoms. The van der Waals surface area contributed by atoms with E-state index in [1.165, 1.54) is 225 Å². The predicted molar refractivity (Wildman–Crippen MR) is 269 cm³/mol. The fourth-order valence-corrected chi connectivity index (χ4v) is 8.44. The van der Waals surface area contributed by atoms with Gasteiger partial charge in [0.15, 0.2) is 0 Å². The Morgan fingerprint density at radius 2 is 0.774 bits per heavy atom. The van der Waals surface area contributed by atoms with Crippen molar-refractivity contribution in [1.82, 2.24) is 5.32 Å². The lowest BCUT2D eigenvalue weighted by Gasteiger charge is -2.20. The fraction of sp³-hybridized carbons (Fsp3) is 0.893. The zero-order chi connectivity index (χ0) is 45.1. The van der Waals surface area contributed by atoms with E-state index < -0.39 is 12.1 Å². The van der Waals surface area contributed by atoms with Gasteiger partial charge in [-0.05, 0) is 51.4 Å². The van der Waals surface area contributed by atoms with Crippen LogP contribution >= 0.6 is 0 Å². The van der Waals surface area contributed by atoms with E-state index in [4.69, 9.17) is 4.74 Å². The lowest BCUT2D eigenvalue weighted by molar-refractivity contribution is -0.143. The van der Waals surface area contributed by atoms with E-state index in [2.05, 4.69) is 31.3 Å². The molecule has 2 atom stereocenters. The first kappa shape index (κ1) is 60.3. The topological polar surface area (TPSA) is 95.9 Å². The maximum atomic E-state index is 12.4. The largest absolute Gasteiger partial charge is 0.466 e. The average Bonchev–Trinajstić information content (AvgIpc) is 3.27. The predicted octanol–water partition coefficient (Wildman–Crippen LogP) is 16.7. The van der Waals surface area contributed by atoms with Crippen LogP contribution in [0.2, 0.25) is 0 Å². The molecule has 0 fully saturated rings. The Bertz CT molecular complexity index is 966. The maximum absolute atomic E-state index is 12.4. The number of hydrogen-bond donors (Lipinski definition) is 3. The summed E-state index contributed by atoms with van der Waals surface area (Å²) in [6, 6.07) is -0.625. The van der Waals surface area contributed by atoms with Crippen molar-refractivity contribution in [1.29, 1.82) is 0 Å². The first-order valence-electron chi connectivity index (χ1n) is 27.6. The number of rotatable bonds is 51. The number of allylic oxidation sites excluding steroid dienone is 3. The molecule has 0 spiro atoms. The van der Waals surface area contributed by atoms with Crippen LogP contribution in [0.1, 0.15) is 296 Å². The van der Waals surface area contributed by atoms with Crippen molar-refractivity contribution in [3.63, 3.8) is 0 Å². The van der Waals surface area contributed by atoms with Crippen LogP contribution in [-0.2, 0) is 14.3 Å². The summed E-state index contributed by atoms with van der Waals surface area (Å²) in [7, 11) is 0. The molecule has 6 nitrogen and oxygen atoms in total. The van der Waals surface area contributed by atoms with Crippen molar-refractivity contribution in [2.24, 2.45) is 0 Å². The lowest BCUT2D eigenvalue weighted by Crippen LogP contribution is -2.45. The van der Waals surface area contributed by atoms with E-state index in [0.29, 0.717) is 19.4 Å². The molecule has 0 aliphatic rings. The minimum Gasteiger partial charge on any atom is -0.466 e. The van der Waals surface area contributed by atoms with Crippen molar-refractivity contribution in [2.45, 2.75) is 309 Å². The quantitative estimate of drug-likeness (QED) is 0.0321. The van der Waals surface area contributed by atoms with Crippen LogP contribution < -0.4 is 5.32 Å². The third-order valence-electron chi connectivity index (χ3n) is 12.7. The number of nitrogens with one attached hydrogen (secondary N) is 1. The van der Waals surface area contributed by atoms with E-state index in [-0.39, 0.29) is 18.5 Å². The summed E-state index contributed by atoms with van der Waals surface area (Å²) in [6.45, 7) is 4.85. The second-order valence-electron chi connectivity index (χ2n) is 18.9. The van der Waals surface area contributed by atoms with Gasteiger partial charge in [-0.2, -0.15) is 0 Å². The molecule has 0 saturated carbocycles. The van der Waals surface area contributed by atoms with Gasteiger partial charge < -0.3 is 20.3 Å². The number of unbranched alkanes of at least 4 members (excludes halogenated alkanes) is 38. The molecule has 0 aromatic rings. The molecular weight excluding hydrogens is 767 g/mol. The van der Waals surface area contributed by atoms with Gasteiger partial charge in [0.25, 0.3) is 0 Å². The molecule has 0 saturated heterocycles. The molecule has 366 valence electrons. The summed E-state index contributed by atoms with van der Waals surface area (Å²) in [5.41, 5.74) is 0. The number of esters is 1. The van der Waals surface area contributed by atoms with Gasteiger partial charge in [-0.25, -0.2) is 0 Å². The van der Waals surface area contributed by atoms with Crippen molar-refractivity contribution in [3.05, 3.63) is 24.3 Å². The smallest absolute Gasteiger partial charge is 0.305 e. The maximum Gasteiger partial charge on any atom is 0.305 e. The van der Waals surface area contributed by atoms with Gasteiger partial charge in [-0.1, -0.05) is 256 Å². The van der Waals surface area contributed by atoms with Crippen LogP contribution in [-0.4, -0.2) is 47.4 Å². The van der Waals surface area contributed by atoms with Gasteiger partial charge in [0, 0.05) is 12.8 Å². The highest BCUT2D eigenvalue weighted by atomic mass is 16.5. The molecule has 3 N–H and O–H groups in total. The number of amides is 1. The number of hydrogen-bond acceptors (Lipinski definition) is 5. The van der Waals surface area contributed by atoms with E-state index in [1.54, 1.807) is 6.08 Å². The van der Waals surface area contributed by atoms with Gasteiger partial charge in [-0.15, -0.1) is 0 Å². The first-order valence-corrected chi connectivity index (χ1v) is 27.6. The molecule has 0 radical (unpaired) electrons. The van der Waals surface area contributed by atoms with Gasteiger partial charge in [0.1, 0.15) is 0 Å². The van der Waals surface area contributed by atoms with Crippen molar-refractivity contribution in [3.8, 4) is 0 Å². The SMILES string of the molecule is CCCC/C=C\CCCCCCCC(=O)OCCCCCCCCCCCCCCCCCCCCCCCCCC(=O)NC(CO)C(O)/C=C/CCCCCCCCCCC. The van der Waals surface area contributed by atoms with Gasteiger partial charge in [0.05, 0.1) is 25.4 Å². The second kappa shape index (κ2) is 52.0. The minimum atomic E-state index is -0.842. The Morgan fingerprint density at radius 1 is 0.435 bits per heavy atom. The van der Waals surface area contributed by atoms with Crippen LogP contribution in [0.5, 0.6) is 0 Å². The molecule has 0 rings (SSSR count). The minimum absolute atomic E-state index is 0.00247. The third kappa shape index (κ3) is 47.8. The molecule has 0 aliphatic carbocycles. The van der Waals surface area contributed by atoms with Crippen LogP contribution in [0.4, 0.5) is 0 Å². The monoisotopic (exact) mass is 874 g/mol. The highest BCUT2D eigenvalue weighted by molar-refractivity contribution is 5.76. The number of aliphatic hydroxyl groups is 2. The molecule has 0 aliphatic heterocycles. The molecule has 0 aromatic heterocycles. The Morgan fingerprint density at radius 3 is 1.19 bits per heavy atom. The third-order valence-corrected chi connectivity index (χ3v) is 12.7. The average molecular weight is 874 g/mol. The first-order chi connectivity index (χ1) is 30.5. The van der Waals surface area contributed by atoms with Crippen LogP contribution in [0.25, 0.3) is 0 Å².